The third-order valence-corrected chi connectivity index (χ3v) is 4.32. The summed E-state index contributed by atoms with van der Waals surface area (Å²) < 4.78 is 5.04. The maximum atomic E-state index is 12.1. The lowest BCUT2D eigenvalue weighted by atomic mass is 10.2. The van der Waals surface area contributed by atoms with E-state index < -0.39 is 0 Å². The summed E-state index contributed by atoms with van der Waals surface area (Å²) in [6.07, 6.45) is 4.66. The first-order valence-electron chi connectivity index (χ1n) is 7.35. The van der Waals surface area contributed by atoms with Crippen molar-refractivity contribution in [1.82, 2.24) is 5.32 Å². The molecule has 0 spiro atoms. The Morgan fingerprint density at radius 2 is 2.09 bits per heavy atom. The molecule has 5 nitrogen and oxygen atoms in total. The van der Waals surface area contributed by atoms with Crippen molar-refractivity contribution < 1.29 is 14.0 Å². The molecule has 0 bridgehead atoms. The van der Waals surface area contributed by atoms with Gasteiger partial charge < -0.3 is 15.1 Å². The van der Waals surface area contributed by atoms with Crippen LogP contribution in [0.5, 0.6) is 0 Å². The second-order valence-corrected chi connectivity index (χ2v) is 6.07. The largest absolute Gasteiger partial charge is 0.459 e. The topological polar surface area (TPSA) is 71.3 Å². The molecule has 6 heteroatoms. The third-order valence-electron chi connectivity index (χ3n) is 3.17. The molecular weight excluding hydrogens is 300 g/mol. The first kappa shape index (κ1) is 16.3. The number of nitrogens with one attached hydrogen (secondary N) is 2. The molecule has 0 unspecified atom stereocenters. The van der Waals surface area contributed by atoms with Crippen molar-refractivity contribution in [3.8, 4) is 0 Å². The van der Waals surface area contributed by atoms with E-state index in [0.29, 0.717) is 16.4 Å². The molecule has 0 atom stereocenters. The van der Waals surface area contributed by atoms with Crippen LogP contribution in [-0.2, 0) is 0 Å². The van der Waals surface area contributed by atoms with Crippen molar-refractivity contribution in [1.29, 1.82) is 0 Å². The smallest absolute Gasteiger partial charge is 0.291 e. The number of unbranched alkanes of at least 4 members (excludes halogenated alkanes) is 2. The molecule has 0 fully saturated rings. The van der Waals surface area contributed by atoms with E-state index in [1.807, 2.05) is 6.92 Å². The molecule has 118 valence electrons. The molecule has 2 amide bonds. The van der Waals surface area contributed by atoms with Crippen molar-refractivity contribution in [3.05, 3.63) is 40.7 Å². The number of carbonyl (C=O) groups is 2. The van der Waals surface area contributed by atoms with Crippen LogP contribution in [0.15, 0.2) is 28.9 Å². The van der Waals surface area contributed by atoms with Gasteiger partial charge in [-0.05, 0) is 37.1 Å². The summed E-state index contributed by atoms with van der Waals surface area (Å²) in [5.41, 5.74) is 0.854. The van der Waals surface area contributed by atoms with Crippen LogP contribution in [0.4, 0.5) is 5.00 Å². The number of anilines is 1. The summed E-state index contributed by atoms with van der Waals surface area (Å²) in [5, 5.41) is 6.29. The van der Waals surface area contributed by atoms with E-state index in [1.54, 1.807) is 18.2 Å². The van der Waals surface area contributed by atoms with Crippen LogP contribution >= 0.6 is 11.3 Å². The first-order valence-corrected chi connectivity index (χ1v) is 8.17. The Morgan fingerprint density at radius 3 is 2.77 bits per heavy atom. The standard InChI is InChI=1S/C16H20N2O3S/c1-3-4-5-8-17-16(20)14-11(2)10-13(22-14)18-15(19)12-7-6-9-21-12/h6-7,9-10H,3-5,8H2,1-2H3,(H,17,20)(H,18,19). The zero-order valence-corrected chi connectivity index (χ0v) is 13.6. The highest BCUT2D eigenvalue weighted by molar-refractivity contribution is 7.18. The predicted molar refractivity (Wildman–Crippen MR) is 87.6 cm³/mol. The molecular formula is C16H20N2O3S. The van der Waals surface area contributed by atoms with Crippen LogP contribution in [0.25, 0.3) is 0 Å². The molecule has 0 saturated carbocycles. The number of carbonyl (C=O) groups excluding carboxylic acids is 2. The summed E-state index contributed by atoms with van der Waals surface area (Å²) in [4.78, 5) is 24.7. The Kier molecular flexibility index (Phi) is 5.77. The van der Waals surface area contributed by atoms with E-state index in [4.69, 9.17) is 4.42 Å². The molecule has 0 radical (unpaired) electrons. The van der Waals surface area contributed by atoms with Crippen molar-refractivity contribution >= 4 is 28.2 Å². The van der Waals surface area contributed by atoms with Gasteiger partial charge in [0.1, 0.15) is 0 Å². The maximum absolute atomic E-state index is 12.1. The van der Waals surface area contributed by atoms with Gasteiger partial charge in [0.25, 0.3) is 11.8 Å². The summed E-state index contributed by atoms with van der Waals surface area (Å²) in [7, 11) is 0. The fourth-order valence-electron chi connectivity index (χ4n) is 2.01. The van der Waals surface area contributed by atoms with Gasteiger partial charge in [-0.2, -0.15) is 0 Å². The Morgan fingerprint density at radius 1 is 1.27 bits per heavy atom. The lowest BCUT2D eigenvalue weighted by Gasteiger charge is -2.03. The Hall–Kier alpha value is -2.08. The molecule has 2 rings (SSSR count). The molecule has 22 heavy (non-hydrogen) atoms. The minimum Gasteiger partial charge on any atom is -0.459 e. The molecule has 0 saturated heterocycles. The Balaban J connectivity index is 1.95. The first-order chi connectivity index (χ1) is 10.6. The van der Waals surface area contributed by atoms with Crippen molar-refractivity contribution in [3.63, 3.8) is 0 Å². The quantitative estimate of drug-likeness (QED) is 0.762. The normalized spacial score (nSPS) is 10.5. The number of hydrogen-bond donors (Lipinski definition) is 2. The second-order valence-electron chi connectivity index (χ2n) is 5.02. The minimum atomic E-state index is -0.318. The molecule has 2 aromatic heterocycles. The van der Waals surface area contributed by atoms with Gasteiger partial charge in [-0.1, -0.05) is 19.8 Å². The van der Waals surface area contributed by atoms with Crippen LogP contribution in [0.3, 0.4) is 0 Å². The fourth-order valence-corrected chi connectivity index (χ4v) is 2.99. The van der Waals surface area contributed by atoms with Gasteiger partial charge in [0.15, 0.2) is 5.76 Å². The van der Waals surface area contributed by atoms with E-state index in [9.17, 15) is 9.59 Å². The van der Waals surface area contributed by atoms with Crippen molar-refractivity contribution in [2.75, 3.05) is 11.9 Å². The van der Waals surface area contributed by atoms with Gasteiger partial charge in [-0.3, -0.25) is 9.59 Å². The number of hydrogen-bond acceptors (Lipinski definition) is 4. The van der Waals surface area contributed by atoms with E-state index in [-0.39, 0.29) is 17.6 Å². The number of thiophene rings is 1. The highest BCUT2D eigenvalue weighted by Gasteiger charge is 2.16. The average Bonchev–Trinajstić information content (AvgIpc) is 3.13. The fraction of sp³-hybridized carbons (Fsp3) is 0.375. The molecule has 2 heterocycles. The van der Waals surface area contributed by atoms with Gasteiger partial charge in [-0.15, -0.1) is 11.3 Å². The van der Waals surface area contributed by atoms with Crippen LogP contribution in [0, 0.1) is 6.92 Å². The predicted octanol–water partition coefficient (Wildman–Crippen LogP) is 3.82. The molecule has 2 aromatic rings. The molecule has 2 N–H and O–H groups in total. The average molecular weight is 320 g/mol. The second kappa shape index (κ2) is 7.79. The van der Waals surface area contributed by atoms with Gasteiger partial charge in [0.2, 0.25) is 0 Å². The highest BCUT2D eigenvalue weighted by atomic mass is 32.1. The number of aryl methyl sites for hydroxylation is 1. The van der Waals surface area contributed by atoms with E-state index in [0.717, 1.165) is 24.8 Å². The lowest BCUT2D eigenvalue weighted by Crippen LogP contribution is -2.24. The number of furan rings is 1. The Labute approximate surface area is 133 Å². The van der Waals surface area contributed by atoms with Crippen LogP contribution in [0.2, 0.25) is 0 Å². The van der Waals surface area contributed by atoms with Crippen molar-refractivity contribution in [2.45, 2.75) is 33.1 Å². The maximum Gasteiger partial charge on any atom is 0.291 e. The van der Waals surface area contributed by atoms with Crippen LogP contribution < -0.4 is 10.6 Å². The van der Waals surface area contributed by atoms with E-state index in [2.05, 4.69) is 17.6 Å². The lowest BCUT2D eigenvalue weighted by molar-refractivity contribution is 0.0955. The van der Waals surface area contributed by atoms with Crippen LogP contribution in [0.1, 0.15) is 52.0 Å². The molecule has 0 aliphatic carbocycles. The third kappa shape index (κ3) is 4.21. The monoisotopic (exact) mass is 320 g/mol. The number of amides is 2. The van der Waals surface area contributed by atoms with Gasteiger partial charge in [-0.25, -0.2) is 0 Å². The summed E-state index contributed by atoms with van der Waals surface area (Å²) in [5.74, 6) is -0.158. The number of rotatable bonds is 7. The summed E-state index contributed by atoms with van der Waals surface area (Å²) >= 11 is 1.27. The van der Waals surface area contributed by atoms with Crippen molar-refractivity contribution in [2.24, 2.45) is 0 Å². The molecule has 0 aromatic carbocycles. The summed E-state index contributed by atoms with van der Waals surface area (Å²) in [6.45, 7) is 4.66. The molecule has 0 aliphatic rings. The Bertz CT molecular complexity index is 632. The van der Waals surface area contributed by atoms with Crippen LogP contribution in [-0.4, -0.2) is 18.4 Å². The van der Waals surface area contributed by atoms with E-state index >= 15 is 0 Å². The minimum absolute atomic E-state index is 0.0860. The van der Waals surface area contributed by atoms with Gasteiger partial charge >= 0.3 is 0 Å². The highest BCUT2D eigenvalue weighted by Crippen LogP contribution is 2.27. The zero-order chi connectivity index (χ0) is 15.9. The van der Waals surface area contributed by atoms with Gasteiger partial charge in [0.05, 0.1) is 16.1 Å². The molecule has 0 aliphatic heterocycles. The summed E-state index contributed by atoms with van der Waals surface area (Å²) in [6, 6.07) is 5.05. The zero-order valence-electron chi connectivity index (χ0n) is 12.8. The van der Waals surface area contributed by atoms with E-state index in [1.165, 1.54) is 17.6 Å². The SMILES string of the molecule is CCCCCNC(=O)c1sc(NC(=O)c2ccco2)cc1C. The van der Waals surface area contributed by atoms with Gasteiger partial charge in [0, 0.05) is 6.54 Å².